The minimum absolute atomic E-state index is 0.0548. The molecular formula is C19H21F3N6O2. The molecule has 30 heavy (non-hydrogen) atoms. The Labute approximate surface area is 170 Å². The number of halogens is 3. The Balaban J connectivity index is 1.81. The number of hydrogen-bond donors (Lipinski definition) is 0. The Morgan fingerprint density at radius 1 is 1.17 bits per heavy atom. The summed E-state index contributed by atoms with van der Waals surface area (Å²) in [6.07, 6.45) is -3.41. The zero-order chi connectivity index (χ0) is 21.8. The number of amides is 1. The number of aromatic nitrogens is 5. The Morgan fingerprint density at radius 3 is 2.40 bits per heavy atom. The smallest absolute Gasteiger partial charge is 0.372 e. The average Bonchev–Trinajstić information content (AvgIpc) is 3.20. The Hall–Kier alpha value is -2.95. The van der Waals surface area contributed by atoms with Crippen LogP contribution < -0.4 is 0 Å². The van der Waals surface area contributed by atoms with E-state index in [-0.39, 0.29) is 29.2 Å². The third-order valence-corrected chi connectivity index (χ3v) is 4.93. The molecule has 2 atom stereocenters. The molecule has 1 saturated heterocycles. The summed E-state index contributed by atoms with van der Waals surface area (Å²) in [7, 11) is 1.68. The summed E-state index contributed by atoms with van der Waals surface area (Å²) in [5.74, 6) is -0.449. The van der Waals surface area contributed by atoms with Crippen LogP contribution in [-0.2, 0) is 18.0 Å². The lowest BCUT2D eigenvalue weighted by Gasteiger charge is -2.34. The zero-order valence-corrected chi connectivity index (χ0v) is 16.9. The Bertz CT molecular complexity index is 1110. The van der Waals surface area contributed by atoms with Gasteiger partial charge in [0.1, 0.15) is 0 Å². The number of carbonyl (C=O) groups excluding carboxylic acids is 1. The van der Waals surface area contributed by atoms with Crippen molar-refractivity contribution in [2.75, 3.05) is 13.1 Å². The highest BCUT2D eigenvalue weighted by atomic mass is 19.4. The molecule has 0 bridgehead atoms. The average molecular weight is 422 g/mol. The lowest BCUT2D eigenvalue weighted by Crippen LogP contribution is -2.48. The molecule has 8 nitrogen and oxygen atoms in total. The van der Waals surface area contributed by atoms with Gasteiger partial charge in [-0.05, 0) is 26.8 Å². The topological polar surface area (TPSA) is 77.6 Å². The maximum absolute atomic E-state index is 13.8. The maximum atomic E-state index is 13.8. The van der Waals surface area contributed by atoms with Gasteiger partial charge < -0.3 is 9.64 Å². The molecule has 11 heteroatoms. The normalized spacial score (nSPS) is 20.2. The number of carbonyl (C=O) groups is 1. The van der Waals surface area contributed by atoms with Gasteiger partial charge in [-0.1, -0.05) is 0 Å². The van der Waals surface area contributed by atoms with Crippen molar-refractivity contribution in [3.8, 4) is 11.3 Å². The predicted molar refractivity (Wildman–Crippen MR) is 101 cm³/mol. The first-order valence-corrected chi connectivity index (χ1v) is 9.46. The van der Waals surface area contributed by atoms with Gasteiger partial charge in [-0.25, -0.2) is 9.50 Å². The number of nitrogens with zero attached hydrogens (tertiary/aromatic N) is 6. The highest BCUT2D eigenvalue weighted by molar-refractivity contribution is 5.93. The van der Waals surface area contributed by atoms with Gasteiger partial charge >= 0.3 is 6.18 Å². The minimum Gasteiger partial charge on any atom is -0.372 e. The van der Waals surface area contributed by atoms with Crippen LogP contribution in [0.3, 0.4) is 0 Å². The molecule has 3 aromatic heterocycles. The summed E-state index contributed by atoms with van der Waals surface area (Å²) in [6, 6.07) is 2.22. The predicted octanol–water partition coefficient (Wildman–Crippen LogP) is 2.71. The minimum atomic E-state index is -4.68. The lowest BCUT2D eigenvalue weighted by atomic mass is 10.1. The summed E-state index contributed by atoms with van der Waals surface area (Å²) < 4.78 is 49.1. The largest absolute Gasteiger partial charge is 0.433 e. The van der Waals surface area contributed by atoms with E-state index >= 15 is 0 Å². The number of morpholine rings is 1. The van der Waals surface area contributed by atoms with Crippen LogP contribution in [0, 0.1) is 6.92 Å². The summed E-state index contributed by atoms with van der Waals surface area (Å²) >= 11 is 0. The third-order valence-electron chi connectivity index (χ3n) is 4.93. The maximum Gasteiger partial charge on any atom is 0.433 e. The molecule has 0 unspecified atom stereocenters. The van der Waals surface area contributed by atoms with E-state index in [1.54, 1.807) is 25.1 Å². The van der Waals surface area contributed by atoms with Gasteiger partial charge in [0.05, 0.1) is 23.6 Å². The second-order valence-corrected chi connectivity index (χ2v) is 7.59. The summed E-state index contributed by atoms with van der Waals surface area (Å²) in [6.45, 7) is 6.06. The number of rotatable bonds is 2. The summed E-state index contributed by atoms with van der Waals surface area (Å²) in [5, 5.41) is 8.12. The van der Waals surface area contributed by atoms with Crippen LogP contribution in [0.4, 0.5) is 13.2 Å². The lowest BCUT2D eigenvalue weighted by molar-refractivity contribution is -0.142. The Morgan fingerprint density at radius 2 is 1.83 bits per heavy atom. The fourth-order valence-electron chi connectivity index (χ4n) is 3.78. The van der Waals surface area contributed by atoms with Gasteiger partial charge in [-0.3, -0.25) is 9.48 Å². The van der Waals surface area contributed by atoms with Gasteiger partial charge in [0, 0.05) is 38.0 Å². The van der Waals surface area contributed by atoms with Crippen LogP contribution in [-0.4, -0.2) is 60.5 Å². The number of ether oxygens (including phenoxy) is 1. The zero-order valence-electron chi connectivity index (χ0n) is 16.9. The van der Waals surface area contributed by atoms with Gasteiger partial charge in [0.2, 0.25) is 0 Å². The molecule has 0 aliphatic carbocycles. The van der Waals surface area contributed by atoms with Crippen molar-refractivity contribution >= 4 is 11.6 Å². The van der Waals surface area contributed by atoms with Crippen LogP contribution in [0.1, 0.15) is 35.7 Å². The fourth-order valence-corrected chi connectivity index (χ4v) is 3.78. The first kappa shape index (κ1) is 20.3. The molecule has 0 N–H and O–H groups in total. The van der Waals surface area contributed by atoms with Crippen molar-refractivity contribution < 1.29 is 22.7 Å². The summed E-state index contributed by atoms with van der Waals surface area (Å²) in [4.78, 5) is 18.8. The van der Waals surface area contributed by atoms with Crippen molar-refractivity contribution in [3.63, 3.8) is 0 Å². The number of fused-ring (bicyclic) bond motifs is 1. The van der Waals surface area contributed by atoms with Crippen molar-refractivity contribution in [1.29, 1.82) is 0 Å². The van der Waals surface area contributed by atoms with E-state index in [4.69, 9.17) is 4.74 Å². The fraction of sp³-hybridized carbons (Fsp3) is 0.474. The molecule has 0 aromatic carbocycles. The van der Waals surface area contributed by atoms with Gasteiger partial charge in [-0.15, -0.1) is 0 Å². The molecule has 1 amide bonds. The van der Waals surface area contributed by atoms with E-state index in [9.17, 15) is 18.0 Å². The van der Waals surface area contributed by atoms with Crippen LogP contribution in [0.2, 0.25) is 0 Å². The van der Waals surface area contributed by atoms with Gasteiger partial charge in [0.25, 0.3) is 5.91 Å². The molecule has 0 radical (unpaired) electrons. The SMILES string of the molecule is Cc1nn(C)cc1-c1cc(C(F)(F)F)n2nc(C(=O)N3C[C@@H](C)O[C@H](C)C3)cc2n1. The molecule has 4 heterocycles. The molecule has 1 fully saturated rings. The van der Waals surface area contributed by atoms with Crippen LogP contribution in [0.25, 0.3) is 16.9 Å². The van der Waals surface area contributed by atoms with Gasteiger partial charge in [0.15, 0.2) is 17.0 Å². The number of alkyl halides is 3. The number of aryl methyl sites for hydroxylation is 2. The summed E-state index contributed by atoms with van der Waals surface area (Å²) in [5.41, 5.74) is 0.00147. The molecule has 4 rings (SSSR count). The highest BCUT2D eigenvalue weighted by Crippen LogP contribution is 2.33. The second kappa shape index (κ2) is 7.08. The molecule has 160 valence electrons. The monoisotopic (exact) mass is 422 g/mol. The second-order valence-electron chi connectivity index (χ2n) is 7.59. The van der Waals surface area contributed by atoms with E-state index in [2.05, 4.69) is 15.2 Å². The molecule has 0 spiro atoms. The first-order valence-electron chi connectivity index (χ1n) is 9.46. The van der Waals surface area contributed by atoms with Crippen LogP contribution in [0.15, 0.2) is 18.3 Å². The van der Waals surface area contributed by atoms with E-state index in [1.807, 2.05) is 13.8 Å². The molecule has 1 aliphatic heterocycles. The van der Waals surface area contributed by atoms with Crippen molar-refractivity contribution in [1.82, 2.24) is 29.3 Å². The molecule has 1 aliphatic rings. The first-order chi connectivity index (χ1) is 14.0. The van der Waals surface area contributed by atoms with Gasteiger partial charge in [-0.2, -0.15) is 23.4 Å². The van der Waals surface area contributed by atoms with Crippen molar-refractivity contribution in [3.05, 3.63) is 35.4 Å². The highest BCUT2D eigenvalue weighted by Gasteiger charge is 2.36. The van der Waals surface area contributed by atoms with E-state index in [0.717, 1.165) is 6.07 Å². The van der Waals surface area contributed by atoms with Crippen molar-refractivity contribution in [2.45, 2.75) is 39.2 Å². The quantitative estimate of drug-likeness (QED) is 0.635. The van der Waals surface area contributed by atoms with Crippen molar-refractivity contribution in [2.24, 2.45) is 7.05 Å². The molecular weight excluding hydrogens is 401 g/mol. The molecule has 0 saturated carbocycles. The molecule has 3 aromatic rings. The number of hydrogen-bond acceptors (Lipinski definition) is 5. The van der Waals surface area contributed by atoms with Crippen LogP contribution in [0.5, 0.6) is 0 Å². The Kier molecular flexibility index (Phi) is 4.80. The standard InChI is InChI=1S/C19H21F3N6O2/c1-10-7-27(8-11(2)30-10)18(29)15-6-17-23-14(13-9-26(4)24-12(13)3)5-16(19(20,21)22)28(17)25-15/h5-6,9-11H,7-8H2,1-4H3/t10-,11-/m1/s1. The van der Waals surface area contributed by atoms with E-state index < -0.39 is 17.8 Å². The third kappa shape index (κ3) is 3.64. The van der Waals surface area contributed by atoms with E-state index in [0.29, 0.717) is 28.9 Å². The van der Waals surface area contributed by atoms with E-state index in [1.165, 1.54) is 10.7 Å². The van der Waals surface area contributed by atoms with Crippen LogP contribution >= 0.6 is 0 Å².